The normalized spacial score (nSPS) is 11.9. The van der Waals surface area contributed by atoms with E-state index >= 15 is 0 Å². The molecule has 0 saturated carbocycles. The minimum atomic E-state index is -0.510. The number of hydrogen-bond donors (Lipinski definition) is 0. The predicted octanol–water partition coefficient (Wildman–Crippen LogP) is 4.77. The van der Waals surface area contributed by atoms with Gasteiger partial charge in [-0.25, -0.2) is 0 Å². The monoisotopic (exact) mass is 492 g/mol. The maximum Gasteiger partial charge on any atom is 0.220 e. The third-order valence-electron chi connectivity index (χ3n) is 4.48. The van der Waals surface area contributed by atoms with E-state index in [2.05, 4.69) is 26.1 Å². The van der Waals surface area contributed by atoms with Crippen LogP contribution in [0.15, 0.2) is 46.0 Å². The van der Waals surface area contributed by atoms with Crippen molar-refractivity contribution in [2.75, 3.05) is 20.8 Å². The van der Waals surface area contributed by atoms with Crippen molar-refractivity contribution < 1.29 is 14.4 Å². The summed E-state index contributed by atoms with van der Waals surface area (Å²) in [7, 11) is 3.07. The van der Waals surface area contributed by atoms with Crippen LogP contribution in [0.25, 0.3) is 5.69 Å². The molecular weight excluding hydrogens is 472 g/mol. The number of nitrogens with zero attached hydrogens (tertiary/aromatic N) is 4. The molecule has 0 N–H and O–H groups in total. The van der Waals surface area contributed by atoms with Crippen LogP contribution in [-0.2, 0) is 0 Å². The average molecular weight is 493 g/mol. The molecule has 0 aliphatic heterocycles. The van der Waals surface area contributed by atoms with Gasteiger partial charge < -0.3 is 9.47 Å². The van der Waals surface area contributed by atoms with Gasteiger partial charge in [0.05, 0.1) is 18.7 Å². The lowest BCUT2D eigenvalue weighted by molar-refractivity contribution is -0.479. The first-order valence-electron chi connectivity index (χ1n) is 9.03. The zero-order valence-corrected chi connectivity index (χ0v) is 19.4. The first-order chi connectivity index (χ1) is 14.3. The Morgan fingerprint density at radius 2 is 1.87 bits per heavy atom. The van der Waals surface area contributed by atoms with E-state index in [1.165, 1.54) is 18.9 Å². The molecule has 1 heterocycles. The number of ether oxygens (including phenoxy) is 2. The standard InChI is InChI=1S/C20H21BrN4O4S/c1-12-5-7-15(8-6-12)25-13(2)22-23-20(25)30-18(11-24(26)27)14-9-16(21)19(29-4)17(10-14)28-3/h5-10,18H,11H2,1-4H3/t18-/m1/s1. The van der Waals surface area contributed by atoms with Crippen LogP contribution in [0.4, 0.5) is 0 Å². The highest BCUT2D eigenvalue weighted by molar-refractivity contribution is 9.10. The fourth-order valence-corrected chi connectivity index (χ4v) is 4.78. The SMILES string of the molecule is COc1cc([C@@H](C[N+](=O)[O-])Sc2nnc(C)n2-c2ccc(C)cc2)cc(Br)c1OC. The molecule has 0 aliphatic carbocycles. The van der Waals surface area contributed by atoms with Crippen molar-refractivity contribution in [1.82, 2.24) is 14.8 Å². The molecule has 1 aromatic heterocycles. The second-order valence-electron chi connectivity index (χ2n) is 6.56. The molecular formula is C20H21BrN4O4S. The Balaban J connectivity index is 2.03. The Morgan fingerprint density at radius 1 is 1.17 bits per heavy atom. The minimum Gasteiger partial charge on any atom is -0.493 e. The maximum atomic E-state index is 11.4. The molecule has 3 rings (SSSR count). The lowest BCUT2D eigenvalue weighted by Gasteiger charge is -2.17. The number of halogens is 1. The molecule has 0 unspecified atom stereocenters. The number of hydrogen-bond acceptors (Lipinski definition) is 7. The van der Waals surface area contributed by atoms with Crippen molar-refractivity contribution in [2.45, 2.75) is 24.3 Å². The smallest absolute Gasteiger partial charge is 0.220 e. The largest absolute Gasteiger partial charge is 0.493 e. The summed E-state index contributed by atoms with van der Waals surface area (Å²) >= 11 is 4.75. The van der Waals surface area contributed by atoms with Crippen molar-refractivity contribution in [2.24, 2.45) is 0 Å². The van der Waals surface area contributed by atoms with Gasteiger partial charge in [0.2, 0.25) is 6.54 Å². The van der Waals surface area contributed by atoms with Gasteiger partial charge in [0.1, 0.15) is 11.1 Å². The molecule has 3 aromatic rings. The summed E-state index contributed by atoms with van der Waals surface area (Å²) in [6.07, 6.45) is 0. The zero-order chi connectivity index (χ0) is 21.8. The summed E-state index contributed by atoms with van der Waals surface area (Å²) in [5.74, 6) is 1.73. The van der Waals surface area contributed by atoms with E-state index in [4.69, 9.17) is 9.47 Å². The quantitative estimate of drug-likeness (QED) is 0.254. The van der Waals surface area contributed by atoms with Crippen LogP contribution in [0, 0.1) is 24.0 Å². The highest BCUT2D eigenvalue weighted by Crippen LogP contribution is 2.42. The first kappa shape index (κ1) is 22.1. The topological polar surface area (TPSA) is 92.3 Å². The van der Waals surface area contributed by atoms with Crippen LogP contribution < -0.4 is 9.47 Å². The van der Waals surface area contributed by atoms with E-state index in [1.54, 1.807) is 13.2 Å². The van der Waals surface area contributed by atoms with Gasteiger partial charge >= 0.3 is 0 Å². The van der Waals surface area contributed by atoms with Crippen molar-refractivity contribution in [3.63, 3.8) is 0 Å². The summed E-state index contributed by atoms with van der Waals surface area (Å²) in [5.41, 5.74) is 2.76. The molecule has 0 aliphatic rings. The summed E-state index contributed by atoms with van der Waals surface area (Å²) in [4.78, 5) is 11.1. The number of nitro groups is 1. The molecule has 0 fully saturated rings. The van der Waals surface area contributed by atoms with Crippen molar-refractivity contribution in [3.05, 3.63) is 67.9 Å². The highest BCUT2D eigenvalue weighted by Gasteiger charge is 2.26. The van der Waals surface area contributed by atoms with E-state index in [9.17, 15) is 10.1 Å². The van der Waals surface area contributed by atoms with Crippen LogP contribution in [0.1, 0.15) is 22.2 Å². The number of methoxy groups -OCH3 is 2. The Bertz CT molecular complexity index is 1060. The number of thioether (sulfide) groups is 1. The lowest BCUT2D eigenvalue weighted by Crippen LogP contribution is -2.11. The Labute approximate surface area is 186 Å². The Morgan fingerprint density at radius 3 is 2.47 bits per heavy atom. The van der Waals surface area contributed by atoms with Gasteiger partial charge in [-0.15, -0.1) is 10.2 Å². The first-order valence-corrected chi connectivity index (χ1v) is 10.7. The molecule has 158 valence electrons. The lowest BCUT2D eigenvalue weighted by atomic mass is 10.1. The van der Waals surface area contributed by atoms with Gasteiger partial charge in [-0.05, 0) is 59.6 Å². The molecule has 30 heavy (non-hydrogen) atoms. The van der Waals surface area contributed by atoms with E-state index in [-0.39, 0.29) is 11.5 Å². The fraction of sp³-hybridized carbons (Fsp3) is 0.300. The number of aryl methyl sites for hydroxylation is 2. The third kappa shape index (κ3) is 4.76. The average Bonchev–Trinajstić information content (AvgIpc) is 3.07. The van der Waals surface area contributed by atoms with E-state index in [0.29, 0.717) is 27.0 Å². The summed E-state index contributed by atoms with van der Waals surface area (Å²) in [6.45, 7) is 3.58. The molecule has 0 bridgehead atoms. The maximum absolute atomic E-state index is 11.4. The van der Waals surface area contributed by atoms with E-state index in [0.717, 1.165) is 16.8 Å². The second-order valence-corrected chi connectivity index (χ2v) is 8.59. The Kier molecular flexibility index (Phi) is 6.99. The van der Waals surface area contributed by atoms with Crippen LogP contribution in [0.5, 0.6) is 11.5 Å². The van der Waals surface area contributed by atoms with Crippen LogP contribution in [0.2, 0.25) is 0 Å². The molecule has 2 aromatic carbocycles. The second kappa shape index (κ2) is 9.48. The van der Waals surface area contributed by atoms with Gasteiger partial charge in [-0.2, -0.15) is 0 Å². The number of rotatable bonds is 8. The highest BCUT2D eigenvalue weighted by atomic mass is 79.9. The molecule has 1 atom stereocenters. The summed E-state index contributed by atoms with van der Waals surface area (Å²) in [6, 6.07) is 11.5. The Hall–Kier alpha value is -2.59. The zero-order valence-electron chi connectivity index (χ0n) is 17.0. The molecule has 0 amide bonds. The molecule has 10 heteroatoms. The van der Waals surface area contributed by atoms with Crippen LogP contribution in [-0.4, -0.2) is 40.5 Å². The van der Waals surface area contributed by atoms with Gasteiger partial charge in [-0.1, -0.05) is 29.5 Å². The van der Waals surface area contributed by atoms with E-state index < -0.39 is 5.25 Å². The molecule has 8 nitrogen and oxygen atoms in total. The number of aromatic nitrogens is 3. The number of benzene rings is 2. The van der Waals surface area contributed by atoms with Crippen LogP contribution >= 0.6 is 27.7 Å². The molecule has 0 spiro atoms. The van der Waals surface area contributed by atoms with Crippen LogP contribution in [0.3, 0.4) is 0 Å². The summed E-state index contributed by atoms with van der Waals surface area (Å²) < 4.78 is 13.3. The van der Waals surface area contributed by atoms with Crippen molar-refractivity contribution in [3.8, 4) is 17.2 Å². The predicted molar refractivity (Wildman–Crippen MR) is 119 cm³/mol. The van der Waals surface area contributed by atoms with Gasteiger partial charge in [0.25, 0.3) is 0 Å². The van der Waals surface area contributed by atoms with Gasteiger partial charge in [-0.3, -0.25) is 14.7 Å². The fourth-order valence-electron chi connectivity index (χ4n) is 3.01. The van der Waals surface area contributed by atoms with Gasteiger partial charge in [0.15, 0.2) is 16.7 Å². The minimum absolute atomic E-state index is 0.285. The molecule has 0 saturated heterocycles. The third-order valence-corrected chi connectivity index (χ3v) is 6.25. The van der Waals surface area contributed by atoms with Gasteiger partial charge in [0, 0.05) is 10.6 Å². The van der Waals surface area contributed by atoms with E-state index in [1.807, 2.05) is 48.7 Å². The summed E-state index contributed by atoms with van der Waals surface area (Å²) in [5, 5.41) is 19.9. The molecule has 0 radical (unpaired) electrons. The van der Waals surface area contributed by atoms with Crippen molar-refractivity contribution >= 4 is 27.7 Å². The van der Waals surface area contributed by atoms with Crippen molar-refractivity contribution in [1.29, 1.82) is 0 Å².